The summed E-state index contributed by atoms with van der Waals surface area (Å²) in [4.78, 5) is 0. The van der Waals surface area contributed by atoms with Gasteiger partial charge in [-0.25, -0.2) is 52.7 Å². The van der Waals surface area contributed by atoms with E-state index in [1.807, 2.05) is 0 Å². The van der Waals surface area contributed by atoms with Gasteiger partial charge in [0.15, 0.2) is 52.3 Å². The van der Waals surface area contributed by atoms with Crippen LogP contribution in [-0.2, 0) is 5.92 Å². The molecule has 0 aliphatic heterocycles. The van der Waals surface area contributed by atoms with E-state index in [1.165, 1.54) is 0 Å². The molecule has 0 unspecified atom stereocenters. The first-order valence-electron chi connectivity index (χ1n) is 11.2. The van der Waals surface area contributed by atoms with E-state index in [-0.39, 0.29) is 12.1 Å². The van der Waals surface area contributed by atoms with E-state index in [0.29, 0.717) is 6.07 Å². The van der Waals surface area contributed by atoms with Crippen molar-refractivity contribution in [2.75, 3.05) is 0 Å². The van der Waals surface area contributed by atoms with Crippen molar-refractivity contribution in [3.05, 3.63) is 111 Å². The first kappa shape index (κ1) is 30.9. The van der Waals surface area contributed by atoms with Crippen LogP contribution in [0.25, 0.3) is 11.1 Å². The second-order valence-electron chi connectivity index (χ2n) is 8.73. The van der Waals surface area contributed by atoms with Crippen LogP contribution in [0.15, 0.2) is 18.2 Å². The summed E-state index contributed by atoms with van der Waals surface area (Å²) >= 11 is 0. The fourth-order valence-electron chi connectivity index (χ4n) is 4.37. The molecule has 0 spiro atoms. The van der Waals surface area contributed by atoms with Crippen molar-refractivity contribution >= 4 is 12.6 Å². The molecule has 44 heavy (non-hydrogen) atoms. The molecule has 5 rings (SSSR count). The quantitative estimate of drug-likeness (QED) is 0.0960. The Bertz CT molecular complexity index is 1880. The zero-order valence-corrected chi connectivity index (χ0v) is 20.2. The highest BCUT2D eigenvalue weighted by Gasteiger charge is 2.57. The molecule has 19 heteroatoms. The molecule has 0 saturated carbocycles. The van der Waals surface area contributed by atoms with Gasteiger partial charge in [0.25, 0.3) is 0 Å². The monoisotopic (exact) mass is 650 g/mol. The van der Waals surface area contributed by atoms with Gasteiger partial charge < -0.3 is 9.31 Å². The third kappa shape index (κ3) is 4.22. The van der Waals surface area contributed by atoms with Crippen molar-refractivity contribution in [2.24, 2.45) is 0 Å². The first-order chi connectivity index (χ1) is 20.4. The molecule has 230 valence electrons. The molecule has 0 saturated heterocycles. The standard InChI is InChI=1S/C25H3BF16O2/c27-4-1-2-5(28)6(3-4)43-26(44-24-22(39)20(37)19(36)21(38)23(24)40)11-9-7(12(29)16(33)15(11)32)8-10(25(9,41)42)14(31)18(35)17(34)13(8)30/h1-3H. The third-order valence-electron chi connectivity index (χ3n) is 6.26. The summed E-state index contributed by atoms with van der Waals surface area (Å²) in [7, 11) is -3.66. The van der Waals surface area contributed by atoms with Gasteiger partial charge in [0.2, 0.25) is 29.1 Å². The average Bonchev–Trinajstić information content (AvgIpc) is 3.22. The Morgan fingerprint density at radius 3 is 1.50 bits per heavy atom. The fraction of sp³-hybridized carbons (Fsp3) is 0.0400. The lowest BCUT2D eigenvalue weighted by Crippen LogP contribution is -2.49. The Morgan fingerprint density at radius 1 is 0.477 bits per heavy atom. The summed E-state index contributed by atoms with van der Waals surface area (Å²) in [6.45, 7) is 0. The van der Waals surface area contributed by atoms with Crippen LogP contribution in [0.3, 0.4) is 0 Å². The van der Waals surface area contributed by atoms with Crippen LogP contribution in [0.1, 0.15) is 11.1 Å². The predicted molar refractivity (Wildman–Crippen MR) is 114 cm³/mol. The Kier molecular flexibility index (Phi) is 7.20. The number of alkyl halides is 2. The van der Waals surface area contributed by atoms with E-state index in [1.54, 1.807) is 0 Å². The summed E-state index contributed by atoms with van der Waals surface area (Å²) in [6.07, 6.45) is 0. The summed E-state index contributed by atoms with van der Waals surface area (Å²) in [5.74, 6) is -47.1. The molecule has 1 aliphatic rings. The van der Waals surface area contributed by atoms with E-state index in [9.17, 15) is 57.1 Å². The van der Waals surface area contributed by atoms with E-state index in [4.69, 9.17) is 0 Å². The smallest absolute Gasteiger partial charge is 0.520 e. The molecule has 1 aliphatic carbocycles. The van der Waals surface area contributed by atoms with Crippen molar-refractivity contribution in [3.8, 4) is 22.6 Å². The maximum Gasteiger partial charge on any atom is 0.636 e. The summed E-state index contributed by atoms with van der Waals surface area (Å²) in [5, 5.41) is 0. The van der Waals surface area contributed by atoms with Gasteiger partial charge in [0.1, 0.15) is 11.6 Å². The maximum atomic E-state index is 15.6. The minimum Gasteiger partial charge on any atom is -0.520 e. The lowest BCUT2D eigenvalue weighted by atomic mass is 9.72. The van der Waals surface area contributed by atoms with Gasteiger partial charge >= 0.3 is 13.0 Å². The van der Waals surface area contributed by atoms with Crippen LogP contribution >= 0.6 is 0 Å². The van der Waals surface area contributed by atoms with Gasteiger partial charge in [-0.3, -0.25) is 0 Å². The molecule has 0 aromatic heterocycles. The van der Waals surface area contributed by atoms with Gasteiger partial charge in [0.05, 0.1) is 11.0 Å². The van der Waals surface area contributed by atoms with Crippen LogP contribution in [0.4, 0.5) is 70.2 Å². The van der Waals surface area contributed by atoms with Gasteiger partial charge in [-0.15, -0.1) is 0 Å². The minimum atomic E-state index is -5.46. The van der Waals surface area contributed by atoms with Crippen LogP contribution < -0.4 is 14.8 Å². The number of hydrogen-bond donors (Lipinski definition) is 0. The van der Waals surface area contributed by atoms with E-state index in [0.717, 1.165) is 0 Å². The Labute approximate surface area is 232 Å². The molecule has 0 fully saturated rings. The molecule has 0 N–H and O–H groups in total. The van der Waals surface area contributed by atoms with Crippen molar-refractivity contribution in [2.45, 2.75) is 5.92 Å². The SMILES string of the molecule is Fc1ccc(F)c(OB(Oc2c(F)c(F)c(F)c(F)c2F)c2c(F)c(F)c(F)c3c2C(F)(F)c2c(F)c(F)c(F)c(F)c2-3)c1. The fourth-order valence-corrected chi connectivity index (χ4v) is 4.37. The minimum absolute atomic E-state index is 0.0131. The second-order valence-corrected chi connectivity index (χ2v) is 8.73. The number of hydrogen-bond acceptors (Lipinski definition) is 2. The van der Waals surface area contributed by atoms with E-state index in [2.05, 4.69) is 9.31 Å². The summed E-state index contributed by atoms with van der Waals surface area (Å²) < 4.78 is 241. The molecule has 0 amide bonds. The van der Waals surface area contributed by atoms with Gasteiger partial charge in [-0.1, -0.05) is 0 Å². The highest BCUT2D eigenvalue weighted by molar-refractivity contribution is 6.63. The molecular weight excluding hydrogens is 647 g/mol. The van der Waals surface area contributed by atoms with Crippen molar-refractivity contribution < 1.29 is 79.6 Å². The van der Waals surface area contributed by atoms with Crippen molar-refractivity contribution in [1.82, 2.24) is 0 Å². The molecular formula is C25H3BF16O2. The van der Waals surface area contributed by atoms with Crippen molar-refractivity contribution in [1.29, 1.82) is 0 Å². The Morgan fingerprint density at radius 2 is 0.932 bits per heavy atom. The van der Waals surface area contributed by atoms with Gasteiger partial charge in [-0.05, 0) is 12.1 Å². The largest absolute Gasteiger partial charge is 0.636 e. The molecule has 0 radical (unpaired) electrons. The molecule has 0 atom stereocenters. The van der Waals surface area contributed by atoms with Crippen LogP contribution in [0.2, 0.25) is 0 Å². The summed E-state index contributed by atoms with van der Waals surface area (Å²) in [5.41, 5.74) is -12.0. The van der Waals surface area contributed by atoms with Crippen LogP contribution in [0, 0.1) is 81.4 Å². The third-order valence-corrected chi connectivity index (χ3v) is 6.26. The lowest BCUT2D eigenvalue weighted by Gasteiger charge is -2.23. The second kappa shape index (κ2) is 10.3. The number of rotatable bonds is 5. The van der Waals surface area contributed by atoms with Gasteiger partial charge in [0, 0.05) is 22.8 Å². The highest BCUT2D eigenvalue weighted by Crippen LogP contribution is 2.54. The first-order valence-corrected chi connectivity index (χ1v) is 11.2. The maximum absolute atomic E-state index is 15.6. The number of halogens is 16. The van der Waals surface area contributed by atoms with Crippen LogP contribution in [0.5, 0.6) is 11.5 Å². The Hall–Kier alpha value is -4.58. The topological polar surface area (TPSA) is 18.5 Å². The van der Waals surface area contributed by atoms with Crippen molar-refractivity contribution in [3.63, 3.8) is 0 Å². The molecule has 0 heterocycles. The molecule has 2 nitrogen and oxygen atoms in total. The average molecular weight is 650 g/mol. The van der Waals surface area contributed by atoms with Crippen LogP contribution in [-0.4, -0.2) is 7.12 Å². The Balaban J connectivity index is 1.89. The zero-order valence-electron chi connectivity index (χ0n) is 20.2. The summed E-state index contributed by atoms with van der Waals surface area (Å²) in [6, 6.07) is 0.629. The zero-order chi connectivity index (χ0) is 32.7. The van der Waals surface area contributed by atoms with E-state index >= 15 is 13.2 Å². The predicted octanol–water partition coefficient (Wildman–Crippen LogP) is 7.61. The number of benzene rings is 4. The number of fused-ring (bicyclic) bond motifs is 3. The molecule has 4 aromatic rings. The van der Waals surface area contributed by atoms with Gasteiger partial charge in [-0.2, -0.15) is 17.6 Å². The normalized spacial score (nSPS) is 13.2. The highest BCUT2D eigenvalue weighted by atomic mass is 19.3. The van der Waals surface area contributed by atoms with E-state index < -0.39 is 134 Å². The molecule has 0 bridgehead atoms. The molecule has 4 aromatic carbocycles. The lowest BCUT2D eigenvalue weighted by molar-refractivity contribution is 0.0433.